The molecule has 1 N–H and O–H groups in total. The fourth-order valence-corrected chi connectivity index (χ4v) is 2.31. The number of nitrogens with one attached hydrogen (secondary N) is 1. The summed E-state index contributed by atoms with van der Waals surface area (Å²) in [6.45, 7) is 1.86. The summed E-state index contributed by atoms with van der Waals surface area (Å²) in [4.78, 5) is 8.80. The van der Waals surface area contributed by atoms with Crippen molar-refractivity contribution in [1.29, 1.82) is 0 Å². The van der Waals surface area contributed by atoms with Gasteiger partial charge >= 0.3 is 0 Å². The lowest BCUT2D eigenvalue weighted by molar-refractivity contribution is 1.05. The molecule has 0 unspecified atom stereocenters. The predicted molar refractivity (Wildman–Crippen MR) is 94.9 cm³/mol. The molecule has 1 heterocycles. The Morgan fingerprint density at radius 2 is 1.74 bits per heavy atom. The molecule has 0 saturated heterocycles. The van der Waals surface area contributed by atoms with Gasteiger partial charge < -0.3 is 0 Å². The third-order valence-corrected chi connectivity index (χ3v) is 3.54. The smallest absolute Gasteiger partial charge is 0.150 e. The first-order valence-electron chi connectivity index (χ1n) is 7.17. The van der Waals surface area contributed by atoms with Gasteiger partial charge in [-0.15, -0.1) is 0 Å². The van der Waals surface area contributed by atoms with Crippen LogP contribution in [0.3, 0.4) is 0 Å². The van der Waals surface area contributed by atoms with Gasteiger partial charge in [0.1, 0.15) is 11.6 Å². The molecule has 0 saturated carbocycles. The van der Waals surface area contributed by atoms with Crippen molar-refractivity contribution < 1.29 is 0 Å². The molecule has 0 aliphatic rings. The summed E-state index contributed by atoms with van der Waals surface area (Å²) in [5, 5.41) is 4.85. The summed E-state index contributed by atoms with van der Waals surface area (Å²) in [5.74, 6) is 1.32. The summed E-state index contributed by atoms with van der Waals surface area (Å²) in [7, 11) is 0. The molecule has 0 spiro atoms. The molecule has 4 nitrogen and oxygen atoms in total. The van der Waals surface area contributed by atoms with Crippen LogP contribution in [0.5, 0.6) is 0 Å². The van der Waals surface area contributed by atoms with Crippen molar-refractivity contribution in [3.63, 3.8) is 0 Å². The van der Waals surface area contributed by atoms with Crippen LogP contribution in [0.1, 0.15) is 11.4 Å². The summed E-state index contributed by atoms with van der Waals surface area (Å²) < 4.78 is 0. The van der Waals surface area contributed by atoms with Gasteiger partial charge in [-0.2, -0.15) is 5.10 Å². The fraction of sp³-hybridized carbons (Fsp3) is 0.0556. The molecule has 5 heteroatoms. The zero-order valence-electron chi connectivity index (χ0n) is 12.6. The topological polar surface area (TPSA) is 50.2 Å². The number of hydrazone groups is 1. The third-order valence-electron chi connectivity index (χ3n) is 3.20. The van der Waals surface area contributed by atoms with E-state index in [1.807, 2.05) is 67.6 Å². The highest BCUT2D eigenvalue weighted by Gasteiger charge is 2.03. The van der Waals surface area contributed by atoms with Crippen molar-refractivity contribution in [2.75, 3.05) is 5.43 Å². The Morgan fingerprint density at radius 3 is 2.52 bits per heavy atom. The highest BCUT2D eigenvalue weighted by molar-refractivity contribution is 6.33. The van der Waals surface area contributed by atoms with Gasteiger partial charge in [0.15, 0.2) is 0 Å². The van der Waals surface area contributed by atoms with Crippen LogP contribution in [-0.4, -0.2) is 16.2 Å². The summed E-state index contributed by atoms with van der Waals surface area (Å²) in [5.41, 5.74) is 5.67. The molecule has 114 valence electrons. The monoisotopic (exact) mass is 322 g/mol. The van der Waals surface area contributed by atoms with E-state index in [2.05, 4.69) is 20.5 Å². The van der Waals surface area contributed by atoms with Crippen LogP contribution in [0.2, 0.25) is 5.02 Å². The zero-order chi connectivity index (χ0) is 16.1. The highest BCUT2D eigenvalue weighted by atomic mass is 35.5. The first-order valence-corrected chi connectivity index (χ1v) is 7.55. The number of aromatic nitrogens is 2. The average molecular weight is 323 g/mol. The Morgan fingerprint density at radius 1 is 1.00 bits per heavy atom. The van der Waals surface area contributed by atoms with Crippen LogP contribution in [0.25, 0.3) is 11.3 Å². The van der Waals surface area contributed by atoms with Crippen molar-refractivity contribution in [2.24, 2.45) is 5.10 Å². The van der Waals surface area contributed by atoms with E-state index in [0.29, 0.717) is 16.7 Å². The van der Waals surface area contributed by atoms with Gasteiger partial charge in [0.25, 0.3) is 0 Å². The minimum absolute atomic E-state index is 0.639. The number of hydrogen-bond acceptors (Lipinski definition) is 4. The second kappa shape index (κ2) is 7.03. The summed E-state index contributed by atoms with van der Waals surface area (Å²) >= 11 is 6.09. The number of hydrogen-bond donors (Lipinski definition) is 1. The molecule has 0 aliphatic heterocycles. The number of rotatable bonds is 4. The molecular weight excluding hydrogens is 308 g/mol. The van der Waals surface area contributed by atoms with Gasteiger partial charge in [-0.3, -0.25) is 5.43 Å². The van der Waals surface area contributed by atoms with E-state index in [4.69, 9.17) is 11.6 Å². The molecule has 1 aromatic heterocycles. The Hall–Kier alpha value is -2.72. The summed E-state index contributed by atoms with van der Waals surface area (Å²) in [6.07, 6.45) is 1.67. The van der Waals surface area contributed by atoms with Crippen LogP contribution in [0.15, 0.2) is 65.8 Å². The maximum Gasteiger partial charge on any atom is 0.150 e. The fourth-order valence-electron chi connectivity index (χ4n) is 2.13. The first kappa shape index (κ1) is 15.2. The predicted octanol–water partition coefficient (Wildman–Crippen LogP) is 4.55. The van der Waals surface area contributed by atoms with Gasteiger partial charge in [0.05, 0.1) is 11.9 Å². The van der Waals surface area contributed by atoms with E-state index in [-0.39, 0.29) is 0 Å². The van der Waals surface area contributed by atoms with Crippen LogP contribution < -0.4 is 5.43 Å². The van der Waals surface area contributed by atoms with Crippen LogP contribution in [0.4, 0.5) is 5.82 Å². The first-order chi connectivity index (χ1) is 11.2. The quantitative estimate of drug-likeness (QED) is 0.566. The highest BCUT2D eigenvalue weighted by Crippen LogP contribution is 2.19. The number of aryl methyl sites for hydroxylation is 1. The molecule has 3 aromatic rings. The van der Waals surface area contributed by atoms with Crippen molar-refractivity contribution in [3.8, 4) is 11.3 Å². The lowest BCUT2D eigenvalue weighted by atomic mass is 10.1. The molecule has 0 radical (unpaired) electrons. The Kier molecular flexibility index (Phi) is 4.64. The van der Waals surface area contributed by atoms with Crippen molar-refractivity contribution in [2.45, 2.75) is 6.92 Å². The van der Waals surface area contributed by atoms with Crippen LogP contribution >= 0.6 is 11.6 Å². The van der Waals surface area contributed by atoms with Crippen molar-refractivity contribution in [3.05, 3.63) is 77.1 Å². The molecule has 0 aliphatic carbocycles. The van der Waals surface area contributed by atoms with Gasteiger partial charge in [-0.05, 0) is 13.0 Å². The Bertz CT molecular complexity index is 831. The van der Waals surface area contributed by atoms with Gasteiger partial charge in [0.2, 0.25) is 0 Å². The van der Waals surface area contributed by atoms with E-state index < -0.39 is 0 Å². The molecule has 3 rings (SSSR count). The number of anilines is 1. The molecule has 23 heavy (non-hydrogen) atoms. The second-order valence-corrected chi connectivity index (χ2v) is 5.35. The van der Waals surface area contributed by atoms with Gasteiger partial charge in [-0.25, -0.2) is 9.97 Å². The SMILES string of the molecule is Cc1nc(N/N=C/c2ccccc2Cl)cc(-c2ccccc2)n1. The van der Waals surface area contributed by atoms with Crippen LogP contribution in [-0.2, 0) is 0 Å². The number of nitrogens with zero attached hydrogens (tertiary/aromatic N) is 3. The molecule has 2 aromatic carbocycles. The second-order valence-electron chi connectivity index (χ2n) is 4.94. The third kappa shape index (κ3) is 3.93. The zero-order valence-corrected chi connectivity index (χ0v) is 13.3. The van der Waals surface area contributed by atoms with E-state index in [9.17, 15) is 0 Å². The molecule has 0 bridgehead atoms. The Labute approximate surface area is 139 Å². The molecule has 0 amide bonds. The van der Waals surface area contributed by atoms with Crippen LogP contribution in [0, 0.1) is 6.92 Å². The van der Waals surface area contributed by atoms with Crippen molar-refractivity contribution in [1.82, 2.24) is 9.97 Å². The normalized spacial score (nSPS) is 10.9. The van der Waals surface area contributed by atoms with E-state index in [1.165, 1.54) is 0 Å². The Balaban J connectivity index is 1.81. The van der Waals surface area contributed by atoms with Gasteiger partial charge in [0, 0.05) is 22.2 Å². The van der Waals surface area contributed by atoms with Gasteiger partial charge in [-0.1, -0.05) is 60.1 Å². The molecule has 0 atom stereocenters. The van der Waals surface area contributed by atoms with E-state index in [0.717, 1.165) is 16.8 Å². The van der Waals surface area contributed by atoms with E-state index >= 15 is 0 Å². The largest absolute Gasteiger partial charge is 0.261 e. The van der Waals surface area contributed by atoms with Crippen molar-refractivity contribution >= 4 is 23.6 Å². The number of benzene rings is 2. The minimum atomic E-state index is 0.639. The maximum absolute atomic E-state index is 6.09. The molecular formula is C18H15ClN4. The molecule has 0 fully saturated rings. The maximum atomic E-state index is 6.09. The average Bonchev–Trinajstić information content (AvgIpc) is 2.57. The van der Waals surface area contributed by atoms with E-state index in [1.54, 1.807) is 6.21 Å². The number of halogens is 1. The summed E-state index contributed by atoms with van der Waals surface area (Å²) in [6, 6.07) is 19.3. The lowest BCUT2D eigenvalue weighted by Crippen LogP contribution is -1.99. The standard InChI is InChI=1S/C18H15ClN4/c1-13-21-17(14-7-3-2-4-8-14)11-18(22-13)23-20-12-15-9-5-6-10-16(15)19/h2-12H,1H3,(H,21,22,23)/b20-12+. The minimum Gasteiger partial charge on any atom is -0.261 e. The lowest BCUT2D eigenvalue weighted by Gasteiger charge is -2.05.